The molecule has 0 saturated carbocycles. The van der Waals surface area contributed by atoms with Gasteiger partial charge in [0, 0.05) is 25.0 Å². The van der Waals surface area contributed by atoms with Crippen molar-refractivity contribution in [1.82, 2.24) is 25.4 Å². The molecule has 2 aromatic rings. The van der Waals surface area contributed by atoms with E-state index in [1.807, 2.05) is 4.57 Å². The number of halogens is 2. The molecular weight excluding hydrogens is 454 g/mol. The normalized spacial score (nSPS) is 11.1. The minimum absolute atomic E-state index is 0. The molecule has 1 heterocycles. The maximum absolute atomic E-state index is 12.8. The van der Waals surface area contributed by atoms with E-state index in [-0.39, 0.29) is 29.8 Å². The standard InChI is InChI=1S/C16H23FN6S.HI/c1-3-23-12-21-22-15(23)11-20-16(18-2)19-9-4-10-24-14-7-5-13(17)6-8-14;/h5-8,12H,3-4,9-11H2,1-2H3,(H2,18,19,20);1H. The van der Waals surface area contributed by atoms with Crippen LogP contribution in [-0.2, 0) is 13.1 Å². The largest absolute Gasteiger partial charge is 0.356 e. The molecule has 1 aromatic carbocycles. The molecule has 25 heavy (non-hydrogen) atoms. The van der Waals surface area contributed by atoms with Crippen LogP contribution in [0.1, 0.15) is 19.2 Å². The molecule has 1 aromatic heterocycles. The Kier molecular flexibility index (Phi) is 10.5. The van der Waals surface area contributed by atoms with Crippen molar-refractivity contribution in [3.05, 3.63) is 42.2 Å². The number of aliphatic imine (C=N–C) groups is 1. The van der Waals surface area contributed by atoms with Gasteiger partial charge in [-0.15, -0.1) is 45.9 Å². The molecule has 138 valence electrons. The topological polar surface area (TPSA) is 67.1 Å². The SMILES string of the molecule is CCn1cnnc1CNC(=NC)NCCCSc1ccc(F)cc1.I. The maximum atomic E-state index is 12.8. The summed E-state index contributed by atoms with van der Waals surface area (Å²) in [5.41, 5.74) is 0. The summed E-state index contributed by atoms with van der Waals surface area (Å²) in [7, 11) is 1.74. The summed E-state index contributed by atoms with van der Waals surface area (Å²) >= 11 is 1.72. The van der Waals surface area contributed by atoms with E-state index in [9.17, 15) is 4.39 Å². The minimum atomic E-state index is -0.199. The Morgan fingerprint density at radius 1 is 1.28 bits per heavy atom. The lowest BCUT2D eigenvalue weighted by Gasteiger charge is -2.11. The summed E-state index contributed by atoms with van der Waals surface area (Å²) in [4.78, 5) is 5.28. The first-order valence-corrected chi connectivity index (χ1v) is 8.91. The molecule has 0 unspecified atom stereocenters. The van der Waals surface area contributed by atoms with E-state index in [2.05, 4.69) is 32.7 Å². The Morgan fingerprint density at radius 2 is 2.04 bits per heavy atom. The predicted octanol–water partition coefficient (Wildman–Crippen LogP) is 2.90. The maximum Gasteiger partial charge on any atom is 0.191 e. The van der Waals surface area contributed by atoms with Gasteiger partial charge in [0.2, 0.25) is 0 Å². The second kappa shape index (κ2) is 12.1. The highest BCUT2D eigenvalue weighted by molar-refractivity contribution is 14.0. The van der Waals surface area contributed by atoms with Crippen molar-refractivity contribution in [2.75, 3.05) is 19.3 Å². The fraction of sp³-hybridized carbons (Fsp3) is 0.438. The average Bonchev–Trinajstić information content (AvgIpc) is 3.06. The highest BCUT2D eigenvalue weighted by atomic mass is 127. The molecule has 0 amide bonds. The van der Waals surface area contributed by atoms with Crippen LogP contribution in [0.25, 0.3) is 0 Å². The van der Waals surface area contributed by atoms with Crippen molar-refractivity contribution in [2.24, 2.45) is 4.99 Å². The van der Waals surface area contributed by atoms with Crippen LogP contribution in [0, 0.1) is 5.82 Å². The lowest BCUT2D eigenvalue weighted by molar-refractivity contribution is 0.626. The number of thioether (sulfide) groups is 1. The van der Waals surface area contributed by atoms with Crippen LogP contribution < -0.4 is 10.6 Å². The van der Waals surface area contributed by atoms with Gasteiger partial charge in [-0.2, -0.15) is 0 Å². The first-order valence-electron chi connectivity index (χ1n) is 7.92. The van der Waals surface area contributed by atoms with E-state index in [1.165, 1.54) is 12.1 Å². The summed E-state index contributed by atoms with van der Waals surface area (Å²) < 4.78 is 14.8. The number of nitrogens with zero attached hydrogens (tertiary/aromatic N) is 4. The average molecular weight is 478 g/mol. The number of hydrogen-bond acceptors (Lipinski definition) is 4. The second-order valence-electron chi connectivity index (χ2n) is 5.04. The molecule has 0 atom stereocenters. The summed E-state index contributed by atoms with van der Waals surface area (Å²) in [6, 6.07) is 6.58. The van der Waals surface area contributed by atoms with Crippen molar-refractivity contribution < 1.29 is 4.39 Å². The fourth-order valence-corrected chi connectivity index (χ4v) is 2.92. The third-order valence-corrected chi connectivity index (χ3v) is 4.47. The van der Waals surface area contributed by atoms with Crippen LogP contribution in [-0.4, -0.2) is 40.1 Å². The van der Waals surface area contributed by atoms with E-state index >= 15 is 0 Å². The summed E-state index contributed by atoms with van der Waals surface area (Å²) in [6.45, 7) is 4.29. The van der Waals surface area contributed by atoms with Crippen LogP contribution in [0.3, 0.4) is 0 Å². The highest BCUT2D eigenvalue weighted by Gasteiger charge is 2.04. The highest BCUT2D eigenvalue weighted by Crippen LogP contribution is 2.18. The van der Waals surface area contributed by atoms with E-state index in [1.54, 1.807) is 37.3 Å². The van der Waals surface area contributed by atoms with Gasteiger partial charge in [-0.1, -0.05) is 0 Å². The molecule has 2 rings (SSSR count). The lowest BCUT2D eigenvalue weighted by Crippen LogP contribution is -2.38. The van der Waals surface area contributed by atoms with Crippen molar-refractivity contribution in [3.63, 3.8) is 0 Å². The summed E-state index contributed by atoms with van der Waals surface area (Å²) in [6.07, 6.45) is 2.70. The molecule has 0 aliphatic heterocycles. The lowest BCUT2D eigenvalue weighted by atomic mass is 10.4. The van der Waals surface area contributed by atoms with Gasteiger partial charge in [0.25, 0.3) is 0 Å². The zero-order chi connectivity index (χ0) is 17.2. The molecule has 0 aliphatic rings. The van der Waals surface area contributed by atoms with Crippen LogP contribution >= 0.6 is 35.7 Å². The summed E-state index contributed by atoms with van der Waals surface area (Å²) in [5, 5.41) is 14.5. The molecule has 2 N–H and O–H groups in total. The van der Waals surface area contributed by atoms with Gasteiger partial charge < -0.3 is 15.2 Å². The molecule has 6 nitrogen and oxygen atoms in total. The number of hydrogen-bond donors (Lipinski definition) is 2. The first kappa shape index (κ1) is 21.7. The Bertz CT molecular complexity index is 646. The van der Waals surface area contributed by atoms with Gasteiger partial charge >= 0.3 is 0 Å². The van der Waals surface area contributed by atoms with E-state index in [4.69, 9.17) is 0 Å². The van der Waals surface area contributed by atoms with Crippen molar-refractivity contribution in [1.29, 1.82) is 0 Å². The monoisotopic (exact) mass is 478 g/mol. The number of aryl methyl sites for hydroxylation is 1. The number of rotatable bonds is 8. The fourth-order valence-electron chi connectivity index (χ4n) is 2.06. The smallest absolute Gasteiger partial charge is 0.191 e. The third-order valence-electron chi connectivity index (χ3n) is 3.37. The molecule has 0 aliphatic carbocycles. The van der Waals surface area contributed by atoms with Crippen LogP contribution in [0.5, 0.6) is 0 Å². The van der Waals surface area contributed by atoms with Gasteiger partial charge in [-0.25, -0.2) is 4.39 Å². The Balaban J connectivity index is 0.00000312. The van der Waals surface area contributed by atoms with Crippen molar-refractivity contribution in [2.45, 2.75) is 31.3 Å². The molecule has 0 fully saturated rings. The van der Waals surface area contributed by atoms with Gasteiger partial charge in [-0.05, 0) is 43.4 Å². The molecular formula is C16H24FIN6S. The number of aromatic nitrogens is 3. The van der Waals surface area contributed by atoms with Gasteiger partial charge in [0.05, 0.1) is 6.54 Å². The van der Waals surface area contributed by atoms with Crippen LogP contribution in [0.2, 0.25) is 0 Å². The minimum Gasteiger partial charge on any atom is -0.356 e. The molecule has 0 radical (unpaired) electrons. The van der Waals surface area contributed by atoms with Crippen molar-refractivity contribution in [3.8, 4) is 0 Å². The predicted molar refractivity (Wildman–Crippen MR) is 111 cm³/mol. The van der Waals surface area contributed by atoms with Crippen LogP contribution in [0.15, 0.2) is 40.5 Å². The van der Waals surface area contributed by atoms with Crippen molar-refractivity contribution >= 4 is 41.7 Å². The Hall–Kier alpha value is -1.36. The summed E-state index contributed by atoms with van der Waals surface area (Å²) in [5.74, 6) is 2.38. The second-order valence-corrected chi connectivity index (χ2v) is 6.21. The van der Waals surface area contributed by atoms with E-state index in [0.717, 1.165) is 41.9 Å². The zero-order valence-corrected chi connectivity index (χ0v) is 17.6. The molecule has 0 saturated heterocycles. The van der Waals surface area contributed by atoms with E-state index in [0.29, 0.717) is 6.54 Å². The molecule has 0 spiro atoms. The number of benzene rings is 1. The van der Waals surface area contributed by atoms with Gasteiger partial charge in [-0.3, -0.25) is 4.99 Å². The number of guanidine groups is 1. The van der Waals surface area contributed by atoms with Gasteiger partial charge in [0.1, 0.15) is 12.1 Å². The zero-order valence-electron chi connectivity index (χ0n) is 14.4. The quantitative estimate of drug-likeness (QED) is 0.201. The van der Waals surface area contributed by atoms with Crippen LogP contribution in [0.4, 0.5) is 4.39 Å². The molecule has 9 heteroatoms. The van der Waals surface area contributed by atoms with Gasteiger partial charge in [0.15, 0.2) is 11.8 Å². The molecule has 0 bridgehead atoms. The number of nitrogens with one attached hydrogen (secondary N) is 2. The first-order chi connectivity index (χ1) is 11.7. The third kappa shape index (κ3) is 7.59. The Labute approximate surface area is 169 Å². The van der Waals surface area contributed by atoms with E-state index < -0.39 is 0 Å². The Morgan fingerprint density at radius 3 is 2.72 bits per heavy atom.